The number of nitrogens with zero attached hydrogens (tertiary/aromatic N) is 2. The highest BCUT2D eigenvalue weighted by molar-refractivity contribution is 8.18. The van der Waals surface area contributed by atoms with Gasteiger partial charge in [-0.1, -0.05) is 12.1 Å². The molecule has 0 atom stereocenters. The number of hydrogen-bond donors (Lipinski definition) is 1. The quantitative estimate of drug-likeness (QED) is 0.659. The molecule has 2 aromatic carbocycles. The van der Waals surface area contributed by atoms with Crippen LogP contribution in [0.4, 0.5) is 5.69 Å². The Morgan fingerprint density at radius 1 is 1.11 bits per heavy atom. The van der Waals surface area contributed by atoms with Crippen LogP contribution in [-0.4, -0.2) is 22.8 Å². The fourth-order valence-corrected chi connectivity index (χ4v) is 3.74. The van der Waals surface area contributed by atoms with E-state index in [4.69, 9.17) is 4.74 Å². The first-order valence-electron chi connectivity index (χ1n) is 8.80. The number of carbonyl (C=O) groups is 1. The monoisotopic (exact) mass is 389 g/mol. The van der Waals surface area contributed by atoms with Gasteiger partial charge in [-0.05, 0) is 78.9 Å². The van der Waals surface area contributed by atoms with Crippen molar-refractivity contribution < 1.29 is 9.53 Å². The van der Waals surface area contributed by atoms with Crippen LogP contribution in [0.15, 0.2) is 76.8 Å². The predicted molar refractivity (Wildman–Crippen MR) is 114 cm³/mol. The van der Waals surface area contributed by atoms with Gasteiger partial charge in [0.05, 0.1) is 17.7 Å². The topological polar surface area (TPSA) is 55.6 Å². The summed E-state index contributed by atoms with van der Waals surface area (Å²) in [4.78, 5) is 17.5. The Bertz CT molecular complexity index is 1080. The van der Waals surface area contributed by atoms with Crippen LogP contribution in [0.5, 0.6) is 5.75 Å². The number of aromatic nitrogens is 1. The van der Waals surface area contributed by atoms with Crippen LogP contribution < -0.4 is 10.1 Å². The van der Waals surface area contributed by atoms with Crippen molar-refractivity contribution in [3.63, 3.8) is 0 Å². The molecule has 6 heteroatoms. The molecule has 1 saturated heterocycles. The lowest BCUT2D eigenvalue weighted by atomic mass is 10.2. The van der Waals surface area contributed by atoms with Gasteiger partial charge in [0.15, 0.2) is 5.17 Å². The molecular weight excluding hydrogens is 370 g/mol. The molecule has 28 heavy (non-hydrogen) atoms. The Balaban J connectivity index is 1.59. The van der Waals surface area contributed by atoms with Gasteiger partial charge in [-0.15, -0.1) is 0 Å². The molecule has 1 amide bonds. The van der Waals surface area contributed by atoms with Gasteiger partial charge in [0, 0.05) is 17.6 Å². The summed E-state index contributed by atoms with van der Waals surface area (Å²) in [5.41, 5.74) is 3.95. The fourth-order valence-electron chi connectivity index (χ4n) is 2.91. The van der Waals surface area contributed by atoms with Crippen molar-refractivity contribution in [2.45, 2.75) is 6.92 Å². The smallest absolute Gasteiger partial charge is 0.264 e. The summed E-state index contributed by atoms with van der Waals surface area (Å²) in [7, 11) is 1.62. The molecule has 5 nitrogen and oxygen atoms in total. The highest BCUT2D eigenvalue weighted by Gasteiger charge is 2.24. The Morgan fingerprint density at radius 3 is 2.68 bits per heavy atom. The van der Waals surface area contributed by atoms with E-state index in [2.05, 4.69) is 33.9 Å². The summed E-state index contributed by atoms with van der Waals surface area (Å²) in [5.74, 6) is 0.624. The minimum atomic E-state index is -0.144. The summed E-state index contributed by atoms with van der Waals surface area (Å²) >= 11 is 1.33. The van der Waals surface area contributed by atoms with Gasteiger partial charge in [0.1, 0.15) is 5.75 Å². The SMILES string of the molecule is COc1ccc(N=C2NC(=O)/C(=C\c3cccn3-c3cccc(C)c3)S2)cc1. The van der Waals surface area contributed by atoms with Crippen molar-refractivity contribution in [2.75, 3.05) is 7.11 Å². The third-order valence-corrected chi connectivity index (χ3v) is 5.20. The minimum Gasteiger partial charge on any atom is -0.497 e. The van der Waals surface area contributed by atoms with Crippen LogP contribution in [0.1, 0.15) is 11.3 Å². The number of amidine groups is 1. The molecule has 0 radical (unpaired) electrons. The third-order valence-electron chi connectivity index (χ3n) is 4.29. The Kier molecular flexibility index (Phi) is 5.04. The maximum atomic E-state index is 12.4. The van der Waals surface area contributed by atoms with E-state index >= 15 is 0 Å². The first-order chi connectivity index (χ1) is 13.6. The van der Waals surface area contributed by atoms with E-state index < -0.39 is 0 Å². The molecule has 1 N–H and O–H groups in total. The largest absolute Gasteiger partial charge is 0.497 e. The van der Waals surface area contributed by atoms with E-state index in [1.54, 1.807) is 7.11 Å². The number of carbonyl (C=O) groups excluding carboxylic acids is 1. The number of methoxy groups -OCH3 is 1. The van der Waals surface area contributed by atoms with Crippen LogP contribution in [0, 0.1) is 6.92 Å². The van der Waals surface area contributed by atoms with E-state index in [1.165, 1.54) is 17.3 Å². The maximum Gasteiger partial charge on any atom is 0.264 e. The number of thioether (sulfide) groups is 1. The number of ether oxygens (including phenoxy) is 1. The number of rotatable bonds is 4. The summed E-state index contributed by atoms with van der Waals surface area (Å²) in [6.07, 6.45) is 3.88. The van der Waals surface area contributed by atoms with Gasteiger partial charge < -0.3 is 14.6 Å². The van der Waals surface area contributed by atoms with E-state index in [-0.39, 0.29) is 5.91 Å². The Hall–Kier alpha value is -3.25. The molecule has 1 fully saturated rings. The van der Waals surface area contributed by atoms with Crippen molar-refractivity contribution in [3.05, 3.63) is 83.0 Å². The second-order valence-corrected chi connectivity index (χ2v) is 7.35. The zero-order valence-electron chi connectivity index (χ0n) is 15.5. The van der Waals surface area contributed by atoms with E-state index in [0.29, 0.717) is 10.1 Å². The highest BCUT2D eigenvalue weighted by Crippen LogP contribution is 2.29. The molecule has 0 spiro atoms. The highest BCUT2D eigenvalue weighted by atomic mass is 32.2. The zero-order valence-corrected chi connectivity index (χ0v) is 16.4. The maximum absolute atomic E-state index is 12.4. The normalized spacial score (nSPS) is 16.6. The van der Waals surface area contributed by atoms with Crippen molar-refractivity contribution in [1.82, 2.24) is 9.88 Å². The van der Waals surface area contributed by atoms with Gasteiger partial charge in [0.2, 0.25) is 0 Å². The lowest BCUT2D eigenvalue weighted by Gasteiger charge is -2.07. The van der Waals surface area contributed by atoms with Crippen LogP contribution in [0.2, 0.25) is 0 Å². The third kappa shape index (κ3) is 3.87. The lowest BCUT2D eigenvalue weighted by Crippen LogP contribution is -2.19. The molecule has 1 aliphatic heterocycles. The fraction of sp³-hybridized carbons (Fsp3) is 0.0909. The van der Waals surface area contributed by atoms with E-state index in [9.17, 15) is 4.79 Å². The summed E-state index contributed by atoms with van der Waals surface area (Å²) in [5, 5.41) is 3.39. The Labute approximate surface area is 167 Å². The number of aliphatic imine (C=N–C) groups is 1. The molecule has 0 bridgehead atoms. The molecule has 2 heterocycles. The molecule has 0 saturated carbocycles. The van der Waals surface area contributed by atoms with E-state index in [1.807, 2.05) is 60.8 Å². The molecule has 3 aromatic rings. The van der Waals surface area contributed by atoms with Gasteiger partial charge in [-0.25, -0.2) is 4.99 Å². The number of aryl methyl sites for hydroxylation is 1. The van der Waals surface area contributed by atoms with Crippen molar-refractivity contribution >= 4 is 34.6 Å². The van der Waals surface area contributed by atoms with Crippen LogP contribution in [-0.2, 0) is 4.79 Å². The number of hydrogen-bond acceptors (Lipinski definition) is 4. The van der Waals surface area contributed by atoms with Gasteiger partial charge >= 0.3 is 0 Å². The number of benzene rings is 2. The molecule has 140 valence electrons. The average molecular weight is 389 g/mol. The molecule has 0 unspecified atom stereocenters. The van der Waals surface area contributed by atoms with Crippen molar-refractivity contribution in [1.29, 1.82) is 0 Å². The lowest BCUT2D eigenvalue weighted by molar-refractivity contribution is -0.115. The summed E-state index contributed by atoms with van der Waals surface area (Å²) in [6.45, 7) is 2.06. The van der Waals surface area contributed by atoms with Gasteiger partial charge in [0.25, 0.3) is 5.91 Å². The number of nitrogens with one attached hydrogen (secondary N) is 1. The molecule has 0 aliphatic carbocycles. The molecule has 1 aliphatic rings. The molecule has 1 aromatic heterocycles. The summed E-state index contributed by atoms with van der Waals surface area (Å²) < 4.78 is 7.21. The van der Waals surface area contributed by atoms with Crippen molar-refractivity contribution in [2.24, 2.45) is 4.99 Å². The first kappa shape index (κ1) is 18.1. The second-order valence-electron chi connectivity index (χ2n) is 6.32. The average Bonchev–Trinajstić information content (AvgIpc) is 3.29. The second kappa shape index (κ2) is 7.78. The van der Waals surface area contributed by atoms with Gasteiger partial charge in [-0.3, -0.25) is 4.79 Å². The first-order valence-corrected chi connectivity index (χ1v) is 9.62. The standard InChI is InChI=1S/C22H19N3O2S/c1-15-5-3-6-17(13-15)25-12-4-7-18(25)14-20-21(26)24-22(28-20)23-16-8-10-19(27-2)11-9-16/h3-14H,1-2H3,(H,23,24,26)/b20-14+. The van der Waals surface area contributed by atoms with Crippen LogP contribution in [0.25, 0.3) is 11.8 Å². The van der Waals surface area contributed by atoms with Crippen LogP contribution in [0.3, 0.4) is 0 Å². The minimum absolute atomic E-state index is 0.144. The van der Waals surface area contributed by atoms with Crippen molar-refractivity contribution in [3.8, 4) is 11.4 Å². The molecule has 4 rings (SSSR count). The molecular formula is C22H19N3O2S. The zero-order chi connectivity index (χ0) is 19.5. The Morgan fingerprint density at radius 2 is 1.93 bits per heavy atom. The predicted octanol–water partition coefficient (Wildman–Crippen LogP) is 4.69. The van der Waals surface area contributed by atoms with E-state index in [0.717, 1.165) is 22.8 Å². The van der Waals surface area contributed by atoms with Crippen LogP contribution >= 0.6 is 11.8 Å². The van der Waals surface area contributed by atoms with Gasteiger partial charge in [-0.2, -0.15) is 0 Å². The summed E-state index contributed by atoms with van der Waals surface area (Å²) in [6, 6.07) is 19.6. The number of amides is 1.